The van der Waals surface area contributed by atoms with Gasteiger partial charge in [0.25, 0.3) is 0 Å². The molecule has 0 saturated carbocycles. The molecule has 0 aliphatic carbocycles. The second kappa shape index (κ2) is 6.71. The van der Waals surface area contributed by atoms with Crippen LogP contribution in [0.1, 0.15) is 39.4 Å². The molecule has 0 bridgehead atoms. The van der Waals surface area contributed by atoms with Crippen molar-refractivity contribution in [2.75, 3.05) is 0 Å². The molecule has 1 rings (SSSR count). The van der Waals surface area contributed by atoms with Crippen LogP contribution < -0.4 is 0 Å². The van der Waals surface area contributed by atoms with Gasteiger partial charge in [-0.3, -0.25) is 4.68 Å². The zero-order valence-electron chi connectivity index (χ0n) is 10.9. The van der Waals surface area contributed by atoms with Crippen LogP contribution >= 0.6 is 0 Å². The monoisotopic (exact) mass is 241 g/mol. The smallest absolute Gasteiger partial charge is 0.138 e. The lowest BCUT2D eigenvalue weighted by atomic mass is 9.91. The third-order valence-corrected chi connectivity index (χ3v) is 3.31. The number of rotatable bonds is 7. The molecule has 2 N–H and O–H groups in total. The predicted molar refractivity (Wildman–Crippen MR) is 65.5 cm³/mol. The third-order valence-electron chi connectivity index (χ3n) is 3.31. The minimum atomic E-state index is -0.769. The van der Waals surface area contributed by atoms with Crippen LogP contribution in [0, 0.1) is 5.92 Å². The van der Waals surface area contributed by atoms with E-state index in [0.717, 1.165) is 25.2 Å². The van der Waals surface area contributed by atoms with E-state index in [2.05, 4.69) is 10.1 Å². The molecule has 5 heteroatoms. The highest BCUT2D eigenvalue weighted by Gasteiger charge is 2.25. The third kappa shape index (κ3) is 3.51. The first-order valence-corrected chi connectivity index (χ1v) is 6.36. The second-order valence-electron chi connectivity index (χ2n) is 4.33. The van der Waals surface area contributed by atoms with Crippen LogP contribution in [0.5, 0.6) is 0 Å². The molecule has 5 nitrogen and oxygen atoms in total. The van der Waals surface area contributed by atoms with Crippen molar-refractivity contribution in [3.8, 4) is 0 Å². The summed E-state index contributed by atoms with van der Waals surface area (Å²) in [4.78, 5) is 4.10. The van der Waals surface area contributed by atoms with Crippen molar-refractivity contribution in [2.45, 2.75) is 58.8 Å². The average molecular weight is 241 g/mol. The Kier molecular flexibility index (Phi) is 5.58. The first-order chi connectivity index (χ1) is 8.13. The van der Waals surface area contributed by atoms with Gasteiger partial charge in [0.05, 0.1) is 12.2 Å². The van der Waals surface area contributed by atoms with Crippen LogP contribution in [0.3, 0.4) is 0 Å². The molecule has 1 heterocycles. The van der Waals surface area contributed by atoms with Gasteiger partial charge < -0.3 is 10.2 Å². The Balaban J connectivity index is 2.62. The highest BCUT2D eigenvalue weighted by molar-refractivity contribution is 4.90. The van der Waals surface area contributed by atoms with Gasteiger partial charge in [-0.05, 0) is 12.8 Å². The second-order valence-corrected chi connectivity index (χ2v) is 4.33. The zero-order valence-corrected chi connectivity index (χ0v) is 10.9. The Labute approximate surface area is 102 Å². The molecule has 0 aliphatic heterocycles. The Morgan fingerprint density at radius 3 is 2.41 bits per heavy atom. The molecule has 2 atom stereocenters. The molecule has 0 saturated heterocycles. The number of aliphatic hydroxyl groups is 2. The molecule has 0 radical (unpaired) electrons. The summed E-state index contributed by atoms with van der Waals surface area (Å²) in [6, 6.07) is 0. The fraction of sp³-hybridized carbons (Fsp3) is 0.833. The van der Waals surface area contributed by atoms with E-state index in [0.29, 0.717) is 6.42 Å². The minimum absolute atomic E-state index is 0.142. The topological polar surface area (TPSA) is 71.2 Å². The maximum absolute atomic E-state index is 10.0. The fourth-order valence-electron chi connectivity index (χ4n) is 2.10. The molecule has 0 fully saturated rings. The highest BCUT2D eigenvalue weighted by Crippen LogP contribution is 2.17. The zero-order chi connectivity index (χ0) is 12.8. The largest absolute Gasteiger partial charge is 0.390 e. The van der Waals surface area contributed by atoms with Gasteiger partial charge in [-0.2, -0.15) is 5.10 Å². The van der Waals surface area contributed by atoms with E-state index in [1.807, 2.05) is 20.8 Å². The van der Waals surface area contributed by atoms with Crippen molar-refractivity contribution in [3.63, 3.8) is 0 Å². The van der Waals surface area contributed by atoms with Crippen LogP contribution in [0.2, 0.25) is 0 Å². The molecule has 0 aromatic carbocycles. The maximum Gasteiger partial charge on any atom is 0.138 e. The molecule has 98 valence electrons. The molecule has 17 heavy (non-hydrogen) atoms. The molecule has 1 aromatic heterocycles. The van der Waals surface area contributed by atoms with Crippen molar-refractivity contribution < 1.29 is 10.2 Å². The lowest BCUT2D eigenvalue weighted by Crippen LogP contribution is -2.35. The van der Waals surface area contributed by atoms with E-state index >= 15 is 0 Å². The van der Waals surface area contributed by atoms with Gasteiger partial charge in [-0.25, -0.2) is 4.98 Å². The lowest BCUT2D eigenvalue weighted by Gasteiger charge is -2.24. The van der Waals surface area contributed by atoms with Gasteiger partial charge in [-0.1, -0.05) is 26.7 Å². The number of hydrogen-bond donors (Lipinski definition) is 2. The molecule has 2 unspecified atom stereocenters. The summed E-state index contributed by atoms with van der Waals surface area (Å²) in [7, 11) is 0. The Morgan fingerprint density at radius 2 is 1.88 bits per heavy atom. The van der Waals surface area contributed by atoms with E-state index in [-0.39, 0.29) is 5.92 Å². The fourth-order valence-corrected chi connectivity index (χ4v) is 2.10. The van der Waals surface area contributed by atoms with Crippen LogP contribution in [-0.4, -0.2) is 37.2 Å². The van der Waals surface area contributed by atoms with E-state index < -0.39 is 12.2 Å². The van der Waals surface area contributed by atoms with E-state index in [1.165, 1.54) is 6.33 Å². The number of aromatic nitrogens is 3. The number of aryl methyl sites for hydroxylation is 1. The molecule has 0 spiro atoms. The number of aliphatic hydroxyl groups excluding tert-OH is 2. The van der Waals surface area contributed by atoms with E-state index in [4.69, 9.17) is 0 Å². The molecule has 0 amide bonds. The summed E-state index contributed by atoms with van der Waals surface area (Å²) in [6.07, 6.45) is 2.12. The number of hydrogen-bond acceptors (Lipinski definition) is 4. The van der Waals surface area contributed by atoms with Crippen LogP contribution in [0.15, 0.2) is 6.33 Å². The van der Waals surface area contributed by atoms with E-state index in [9.17, 15) is 10.2 Å². The van der Waals surface area contributed by atoms with Gasteiger partial charge >= 0.3 is 0 Å². The SMILES string of the molecule is CCC(CC)C(O)C(O)Cc1ncnn1CC. The summed E-state index contributed by atoms with van der Waals surface area (Å²) in [5.41, 5.74) is 0. The Bertz CT molecular complexity index is 323. The van der Waals surface area contributed by atoms with Crippen molar-refractivity contribution in [1.82, 2.24) is 14.8 Å². The van der Waals surface area contributed by atoms with Gasteiger partial charge in [0, 0.05) is 13.0 Å². The number of nitrogens with zero attached hydrogens (tertiary/aromatic N) is 3. The summed E-state index contributed by atoms with van der Waals surface area (Å²) in [5.74, 6) is 0.869. The molecule has 1 aromatic rings. The van der Waals surface area contributed by atoms with Gasteiger partial charge in [0.15, 0.2) is 0 Å². The van der Waals surface area contributed by atoms with Crippen molar-refractivity contribution in [2.24, 2.45) is 5.92 Å². The van der Waals surface area contributed by atoms with E-state index in [1.54, 1.807) is 4.68 Å². The lowest BCUT2D eigenvalue weighted by molar-refractivity contribution is -0.0201. The average Bonchev–Trinajstić information content (AvgIpc) is 2.77. The summed E-state index contributed by atoms with van der Waals surface area (Å²) < 4.78 is 1.74. The van der Waals surface area contributed by atoms with Crippen molar-refractivity contribution in [1.29, 1.82) is 0 Å². The first-order valence-electron chi connectivity index (χ1n) is 6.36. The van der Waals surface area contributed by atoms with Crippen LogP contribution in [-0.2, 0) is 13.0 Å². The van der Waals surface area contributed by atoms with Crippen molar-refractivity contribution >= 4 is 0 Å². The van der Waals surface area contributed by atoms with Crippen molar-refractivity contribution in [3.05, 3.63) is 12.2 Å². The Morgan fingerprint density at radius 1 is 1.24 bits per heavy atom. The highest BCUT2D eigenvalue weighted by atomic mass is 16.3. The predicted octanol–water partition coefficient (Wildman–Crippen LogP) is 0.998. The minimum Gasteiger partial charge on any atom is -0.390 e. The summed E-state index contributed by atoms with van der Waals surface area (Å²) in [6.45, 7) is 6.75. The summed E-state index contributed by atoms with van der Waals surface area (Å²) in [5, 5.41) is 24.1. The first kappa shape index (κ1) is 14.1. The van der Waals surface area contributed by atoms with Gasteiger partial charge in [0.1, 0.15) is 12.2 Å². The molecular formula is C12H23N3O2. The summed E-state index contributed by atoms with van der Waals surface area (Å²) >= 11 is 0. The van der Waals surface area contributed by atoms with Crippen LogP contribution in [0.4, 0.5) is 0 Å². The standard InChI is InChI=1S/C12H23N3O2/c1-4-9(5-2)12(17)10(16)7-11-13-8-14-15(11)6-3/h8-10,12,16-17H,4-7H2,1-3H3. The molecular weight excluding hydrogens is 218 g/mol. The van der Waals surface area contributed by atoms with Gasteiger partial charge in [0.2, 0.25) is 0 Å². The normalized spacial score (nSPS) is 15.2. The molecule has 0 aliphatic rings. The quantitative estimate of drug-likeness (QED) is 0.747. The van der Waals surface area contributed by atoms with Gasteiger partial charge in [-0.15, -0.1) is 0 Å². The Hall–Kier alpha value is -0.940. The maximum atomic E-state index is 10.0. The van der Waals surface area contributed by atoms with Crippen LogP contribution in [0.25, 0.3) is 0 Å².